The quantitative estimate of drug-likeness (QED) is 0.587. The van der Waals surface area contributed by atoms with Crippen molar-refractivity contribution < 1.29 is 27.4 Å². The van der Waals surface area contributed by atoms with Crippen LogP contribution in [0.25, 0.3) is 0 Å². The van der Waals surface area contributed by atoms with E-state index in [-0.39, 0.29) is 24.2 Å². The minimum absolute atomic E-state index is 0.0397. The zero-order chi connectivity index (χ0) is 22.4. The van der Waals surface area contributed by atoms with Crippen LogP contribution in [0.4, 0.5) is 13.2 Å². The zero-order valence-electron chi connectivity index (χ0n) is 17.3. The number of rotatable bonds is 10. The summed E-state index contributed by atoms with van der Waals surface area (Å²) in [5.41, 5.74) is 0.320. The van der Waals surface area contributed by atoms with Crippen molar-refractivity contribution in [2.75, 3.05) is 27.3 Å². The van der Waals surface area contributed by atoms with Gasteiger partial charge in [0.05, 0.1) is 5.69 Å². The van der Waals surface area contributed by atoms with Crippen LogP contribution in [-0.4, -0.2) is 44.2 Å². The first kappa shape index (κ1) is 24.1. The summed E-state index contributed by atoms with van der Waals surface area (Å²) >= 11 is 0.563. The van der Waals surface area contributed by atoms with Gasteiger partial charge in [-0.25, -0.2) is 4.98 Å². The molecule has 2 aromatic rings. The Balaban J connectivity index is 1.91. The third-order valence-corrected chi connectivity index (χ3v) is 5.53. The number of alkyl halides is 3. The fourth-order valence-electron chi connectivity index (χ4n) is 2.65. The van der Waals surface area contributed by atoms with Crippen LogP contribution in [0.1, 0.15) is 30.1 Å². The molecule has 0 aliphatic carbocycles. The molecule has 30 heavy (non-hydrogen) atoms. The minimum Gasteiger partial charge on any atom is -0.484 e. The number of hydrogen-bond acceptors (Lipinski definition) is 6. The number of benzene rings is 1. The second-order valence-corrected chi connectivity index (χ2v) is 7.92. The molecule has 0 radical (unpaired) electrons. The van der Waals surface area contributed by atoms with Crippen molar-refractivity contribution in [3.63, 3.8) is 0 Å². The summed E-state index contributed by atoms with van der Waals surface area (Å²) in [5, 5.41) is 6.29. The number of carbonyl (C=O) groups is 1. The second kappa shape index (κ2) is 10.2. The molecule has 2 atom stereocenters. The summed E-state index contributed by atoms with van der Waals surface area (Å²) < 4.78 is 49.4. The Hall–Kier alpha value is -2.17. The standard InChI is InChI=1S/C20H26F3N3O3S/c1-13(9-14-5-7-15(8-6-14)29-10-17(27)24-3)25-12-19(2,28-4)16-11-30-18(26-16)20(21,22)23/h5-8,11,13,25H,9-10,12H2,1-4H3,(H,24,27). The van der Waals surface area contributed by atoms with Crippen molar-refractivity contribution in [1.29, 1.82) is 0 Å². The fraction of sp³-hybridized carbons (Fsp3) is 0.500. The molecule has 0 aliphatic heterocycles. The van der Waals surface area contributed by atoms with Gasteiger partial charge in [-0.3, -0.25) is 4.79 Å². The maximum absolute atomic E-state index is 12.8. The van der Waals surface area contributed by atoms with E-state index in [4.69, 9.17) is 9.47 Å². The third-order valence-electron chi connectivity index (χ3n) is 4.64. The summed E-state index contributed by atoms with van der Waals surface area (Å²) in [5.74, 6) is 0.388. The molecule has 0 saturated carbocycles. The van der Waals surface area contributed by atoms with Crippen LogP contribution in [0.2, 0.25) is 0 Å². The first-order chi connectivity index (χ1) is 14.1. The molecular weight excluding hydrogens is 419 g/mol. The number of amides is 1. The predicted molar refractivity (Wildman–Crippen MR) is 109 cm³/mol. The monoisotopic (exact) mass is 445 g/mol. The predicted octanol–water partition coefficient (Wildman–Crippen LogP) is 3.37. The van der Waals surface area contributed by atoms with Gasteiger partial charge in [-0.2, -0.15) is 13.2 Å². The SMILES string of the molecule is CNC(=O)COc1ccc(CC(C)NCC(C)(OC)c2csc(C(F)(F)F)n2)cc1. The van der Waals surface area contributed by atoms with Crippen LogP contribution in [0.15, 0.2) is 29.6 Å². The molecule has 2 N–H and O–H groups in total. The Morgan fingerprint density at radius 3 is 2.47 bits per heavy atom. The van der Waals surface area contributed by atoms with Crippen molar-refractivity contribution in [1.82, 2.24) is 15.6 Å². The summed E-state index contributed by atoms with van der Waals surface area (Å²) in [4.78, 5) is 14.9. The third kappa shape index (κ3) is 6.68. The van der Waals surface area contributed by atoms with Gasteiger partial charge < -0.3 is 20.1 Å². The van der Waals surface area contributed by atoms with E-state index < -0.39 is 16.8 Å². The lowest BCUT2D eigenvalue weighted by Crippen LogP contribution is -2.42. The number of aromatic nitrogens is 1. The molecule has 6 nitrogen and oxygen atoms in total. The normalized spacial score (nSPS) is 14.8. The first-order valence-electron chi connectivity index (χ1n) is 9.31. The van der Waals surface area contributed by atoms with Crippen LogP contribution < -0.4 is 15.4 Å². The van der Waals surface area contributed by atoms with Gasteiger partial charge in [-0.05, 0) is 38.0 Å². The molecule has 0 aliphatic rings. The number of nitrogens with zero attached hydrogens (tertiary/aromatic N) is 1. The highest BCUT2D eigenvalue weighted by molar-refractivity contribution is 7.09. The van der Waals surface area contributed by atoms with Gasteiger partial charge in [0.1, 0.15) is 11.4 Å². The van der Waals surface area contributed by atoms with E-state index in [0.29, 0.717) is 30.1 Å². The molecule has 0 spiro atoms. The number of carbonyl (C=O) groups excluding carboxylic acids is 1. The van der Waals surface area contributed by atoms with Gasteiger partial charge in [0.25, 0.3) is 5.91 Å². The molecule has 1 aromatic carbocycles. The number of ether oxygens (including phenoxy) is 2. The van der Waals surface area contributed by atoms with E-state index in [0.717, 1.165) is 5.56 Å². The zero-order valence-corrected chi connectivity index (χ0v) is 18.1. The summed E-state index contributed by atoms with van der Waals surface area (Å²) in [6.45, 7) is 3.95. The molecule has 0 fully saturated rings. The van der Waals surface area contributed by atoms with Gasteiger partial charge in [0, 0.05) is 32.1 Å². The molecule has 10 heteroatoms. The van der Waals surface area contributed by atoms with E-state index in [9.17, 15) is 18.0 Å². The summed E-state index contributed by atoms with van der Waals surface area (Å²) in [7, 11) is 3.00. The molecule has 1 amide bonds. The van der Waals surface area contributed by atoms with Crippen molar-refractivity contribution >= 4 is 17.2 Å². The largest absolute Gasteiger partial charge is 0.484 e. The van der Waals surface area contributed by atoms with Gasteiger partial charge in [0.2, 0.25) is 0 Å². The van der Waals surface area contributed by atoms with Crippen LogP contribution in [0, 0.1) is 0 Å². The molecule has 0 saturated heterocycles. The second-order valence-electron chi connectivity index (χ2n) is 7.06. The fourth-order valence-corrected chi connectivity index (χ4v) is 3.46. The van der Waals surface area contributed by atoms with Gasteiger partial charge in [-0.1, -0.05) is 12.1 Å². The topological polar surface area (TPSA) is 72.5 Å². The number of likely N-dealkylation sites (N-methyl/N-ethyl adjacent to an activating group) is 1. The summed E-state index contributed by atoms with van der Waals surface area (Å²) in [6.07, 6.45) is -3.77. The Bertz CT molecular complexity index is 827. The smallest absolute Gasteiger partial charge is 0.443 e. The van der Waals surface area contributed by atoms with Crippen molar-refractivity contribution in [2.24, 2.45) is 0 Å². The first-order valence-corrected chi connectivity index (χ1v) is 10.2. The Kier molecular flexibility index (Phi) is 8.22. The Morgan fingerprint density at radius 2 is 1.93 bits per heavy atom. The lowest BCUT2D eigenvalue weighted by molar-refractivity contribution is -0.138. The number of nitrogens with one attached hydrogen (secondary N) is 2. The maximum Gasteiger partial charge on any atom is 0.443 e. The molecule has 0 bridgehead atoms. The number of thiazole rings is 1. The van der Waals surface area contributed by atoms with E-state index in [1.54, 1.807) is 26.1 Å². The lowest BCUT2D eigenvalue weighted by Gasteiger charge is -2.28. The van der Waals surface area contributed by atoms with Crippen LogP contribution >= 0.6 is 11.3 Å². The van der Waals surface area contributed by atoms with Crippen LogP contribution in [0.5, 0.6) is 5.75 Å². The van der Waals surface area contributed by atoms with Crippen LogP contribution in [0.3, 0.4) is 0 Å². The number of halogens is 3. The van der Waals surface area contributed by atoms with E-state index in [2.05, 4.69) is 15.6 Å². The van der Waals surface area contributed by atoms with Gasteiger partial charge in [0.15, 0.2) is 11.6 Å². The van der Waals surface area contributed by atoms with E-state index in [1.807, 2.05) is 19.1 Å². The van der Waals surface area contributed by atoms with Crippen molar-refractivity contribution in [2.45, 2.75) is 38.1 Å². The minimum atomic E-state index is -4.46. The highest BCUT2D eigenvalue weighted by atomic mass is 32.1. The van der Waals surface area contributed by atoms with Gasteiger partial charge >= 0.3 is 6.18 Å². The highest BCUT2D eigenvalue weighted by Gasteiger charge is 2.38. The molecule has 1 aromatic heterocycles. The number of hydrogen-bond donors (Lipinski definition) is 2. The van der Waals surface area contributed by atoms with Crippen LogP contribution in [-0.2, 0) is 27.7 Å². The molecule has 2 unspecified atom stereocenters. The molecule has 1 heterocycles. The van der Waals surface area contributed by atoms with Crippen molar-refractivity contribution in [3.05, 3.63) is 45.9 Å². The molecule has 2 rings (SSSR count). The summed E-state index contributed by atoms with van der Waals surface area (Å²) in [6, 6.07) is 7.43. The van der Waals surface area contributed by atoms with Gasteiger partial charge in [-0.15, -0.1) is 11.3 Å². The Labute approximate surface area is 177 Å². The molecule has 166 valence electrons. The highest BCUT2D eigenvalue weighted by Crippen LogP contribution is 2.35. The van der Waals surface area contributed by atoms with E-state index >= 15 is 0 Å². The van der Waals surface area contributed by atoms with E-state index in [1.165, 1.54) is 12.5 Å². The lowest BCUT2D eigenvalue weighted by atomic mass is 10.0. The molecular formula is C20H26F3N3O3S. The number of methoxy groups -OCH3 is 1. The van der Waals surface area contributed by atoms with Crippen molar-refractivity contribution in [3.8, 4) is 5.75 Å². The average Bonchev–Trinajstić information content (AvgIpc) is 3.23. The average molecular weight is 446 g/mol. The Morgan fingerprint density at radius 1 is 1.27 bits per heavy atom. The maximum atomic E-state index is 12.8.